The number of nitrogens with zero attached hydrogens (tertiary/aromatic N) is 1. The van der Waals surface area contributed by atoms with Crippen LogP contribution in [-0.4, -0.2) is 22.0 Å². The van der Waals surface area contributed by atoms with Gasteiger partial charge in [-0.05, 0) is 46.1 Å². The molecule has 4 heteroatoms. The molecular formula is C21H25NO3. The monoisotopic (exact) mass is 339 g/mol. The third-order valence-electron chi connectivity index (χ3n) is 4.83. The fourth-order valence-electron chi connectivity index (χ4n) is 3.62. The van der Waals surface area contributed by atoms with Gasteiger partial charge in [-0.15, -0.1) is 6.58 Å². The summed E-state index contributed by atoms with van der Waals surface area (Å²) in [7, 11) is 0. The van der Waals surface area contributed by atoms with Gasteiger partial charge >= 0.3 is 6.09 Å². The maximum Gasteiger partial charge on any atom is 0.419 e. The lowest BCUT2D eigenvalue weighted by atomic mass is 9.71. The average Bonchev–Trinajstić information content (AvgIpc) is 2.85. The molecule has 0 spiro atoms. The molecule has 1 aliphatic rings. The summed E-state index contributed by atoms with van der Waals surface area (Å²) < 4.78 is 7.17. The Morgan fingerprint density at radius 3 is 2.68 bits per heavy atom. The van der Waals surface area contributed by atoms with Crippen molar-refractivity contribution in [2.45, 2.75) is 52.6 Å². The predicted molar refractivity (Wildman–Crippen MR) is 99.1 cm³/mol. The zero-order valence-corrected chi connectivity index (χ0v) is 15.4. The first kappa shape index (κ1) is 17.5. The number of ether oxygens (including phenoxy) is 1. The highest BCUT2D eigenvalue weighted by Crippen LogP contribution is 2.42. The molecule has 0 radical (unpaired) electrons. The van der Waals surface area contributed by atoms with Gasteiger partial charge in [-0.2, -0.15) is 0 Å². The van der Waals surface area contributed by atoms with Crippen molar-refractivity contribution in [3.63, 3.8) is 0 Å². The molecule has 0 bridgehead atoms. The van der Waals surface area contributed by atoms with E-state index in [9.17, 15) is 9.59 Å². The van der Waals surface area contributed by atoms with Crippen molar-refractivity contribution < 1.29 is 14.3 Å². The van der Waals surface area contributed by atoms with E-state index >= 15 is 0 Å². The molecule has 0 saturated heterocycles. The topological polar surface area (TPSA) is 48.3 Å². The molecule has 3 rings (SSSR count). The first-order chi connectivity index (χ1) is 11.7. The van der Waals surface area contributed by atoms with E-state index in [2.05, 4.69) is 6.58 Å². The smallest absolute Gasteiger partial charge is 0.419 e. The van der Waals surface area contributed by atoms with Gasteiger partial charge in [0.1, 0.15) is 5.60 Å². The highest BCUT2D eigenvalue weighted by molar-refractivity contribution is 6.14. The highest BCUT2D eigenvalue weighted by atomic mass is 16.6. The Morgan fingerprint density at radius 2 is 2.04 bits per heavy atom. The molecule has 0 N–H and O–H groups in total. The van der Waals surface area contributed by atoms with Crippen LogP contribution in [-0.2, 0) is 11.2 Å². The molecule has 1 heterocycles. The summed E-state index contributed by atoms with van der Waals surface area (Å²) in [5, 5.41) is 0.823. The number of carbonyl (C=O) groups is 2. The molecule has 1 atom stereocenters. The number of hydrogen-bond donors (Lipinski definition) is 0. The summed E-state index contributed by atoms with van der Waals surface area (Å²) in [4.78, 5) is 26.1. The van der Waals surface area contributed by atoms with Crippen LogP contribution in [0.2, 0.25) is 0 Å². The van der Waals surface area contributed by atoms with E-state index in [0.717, 1.165) is 16.6 Å². The molecule has 4 nitrogen and oxygen atoms in total. The molecule has 1 aliphatic carbocycles. The summed E-state index contributed by atoms with van der Waals surface area (Å²) >= 11 is 0. The summed E-state index contributed by atoms with van der Waals surface area (Å²) in [6.07, 6.45) is 3.38. The Balaban J connectivity index is 2.21. The zero-order chi connectivity index (χ0) is 18.4. The van der Waals surface area contributed by atoms with Crippen molar-refractivity contribution in [1.82, 2.24) is 4.57 Å². The Hall–Kier alpha value is -2.36. The minimum absolute atomic E-state index is 0.0900. The lowest BCUT2D eigenvalue weighted by Gasteiger charge is -2.31. The number of carbonyl (C=O) groups excluding carboxylic acids is 2. The van der Waals surface area contributed by atoms with Gasteiger partial charge in [-0.3, -0.25) is 4.79 Å². The van der Waals surface area contributed by atoms with Crippen molar-refractivity contribution in [2.24, 2.45) is 5.41 Å². The van der Waals surface area contributed by atoms with Gasteiger partial charge in [0.15, 0.2) is 5.78 Å². The Labute approximate surface area is 148 Å². The van der Waals surface area contributed by atoms with Crippen molar-refractivity contribution in [2.75, 3.05) is 0 Å². The van der Waals surface area contributed by atoms with Crippen LogP contribution < -0.4 is 0 Å². The van der Waals surface area contributed by atoms with E-state index in [1.165, 1.54) is 0 Å². The van der Waals surface area contributed by atoms with E-state index in [1.807, 2.05) is 52.0 Å². The second kappa shape index (κ2) is 5.87. The highest BCUT2D eigenvalue weighted by Gasteiger charge is 2.41. The molecule has 25 heavy (non-hydrogen) atoms. The Bertz CT molecular complexity index is 869. The number of aromatic nitrogens is 1. The van der Waals surface area contributed by atoms with Crippen LogP contribution in [0.4, 0.5) is 4.79 Å². The number of para-hydroxylation sites is 1. The van der Waals surface area contributed by atoms with E-state index in [-0.39, 0.29) is 5.78 Å². The van der Waals surface area contributed by atoms with Gasteiger partial charge < -0.3 is 4.74 Å². The van der Waals surface area contributed by atoms with E-state index in [1.54, 1.807) is 10.6 Å². The van der Waals surface area contributed by atoms with Gasteiger partial charge in [0.2, 0.25) is 0 Å². The number of fused-ring (bicyclic) bond motifs is 3. The van der Waals surface area contributed by atoms with Gasteiger partial charge in [0.05, 0.1) is 5.52 Å². The lowest BCUT2D eigenvalue weighted by molar-refractivity contribution is 0.0537. The molecule has 132 valence electrons. The van der Waals surface area contributed by atoms with Gasteiger partial charge in [0.25, 0.3) is 0 Å². The lowest BCUT2D eigenvalue weighted by Crippen LogP contribution is -2.34. The number of ketones is 1. The number of benzene rings is 1. The van der Waals surface area contributed by atoms with E-state index < -0.39 is 17.1 Å². The van der Waals surface area contributed by atoms with E-state index in [4.69, 9.17) is 4.74 Å². The largest absolute Gasteiger partial charge is 0.443 e. The maximum atomic E-state index is 13.3. The predicted octanol–water partition coefficient (Wildman–Crippen LogP) is 5.14. The number of allylic oxidation sites excluding steroid dienone is 1. The van der Waals surface area contributed by atoms with Crippen LogP contribution in [0.1, 0.15) is 56.6 Å². The molecule has 2 aromatic rings. The van der Waals surface area contributed by atoms with Gasteiger partial charge in [-0.25, -0.2) is 9.36 Å². The number of hydrogen-bond acceptors (Lipinski definition) is 3. The van der Waals surface area contributed by atoms with Crippen LogP contribution in [0.15, 0.2) is 36.9 Å². The molecule has 1 aromatic heterocycles. The van der Waals surface area contributed by atoms with Crippen molar-refractivity contribution in [3.05, 3.63) is 48.2 Å². The molecule has 0 aliphatic heterocycles. The quantitative estimate of drug-likeness (QED) is 0.712. The second-order valence-electron chi connectivity index (χ2n) is 8.04. The molecule has 0 amide bonds. The van der Waals surface area contributed by atoms with Crippen LogP contribution in [0.3, 0.4) is 0 Å². The third kappa shape index (κ3) is 2.90. The fourth-order valence-corrected chi connectivity index (χ4v) is 3.62. The standard InChI is InChI=1S/C21H25NO3/c1-6-12-21(5)13-11-16-17(18(21)23)14-9-7-8-10-15(14)22(16)19(24)25-20(2,3)4/h6-10H,1,11-13H2,2-5H3. The molecule has 1 aromatic carbocycles. The summed E-state index contributed by atoms with van der Waals surface area (Å²) in [6, 6.07) is 7.55. The van der Waals surface area contributed by atoms with Crippen molar-refractivity contribution in [3.8, 4) is 0 Å². The normalized spacial score (nSPS) is 20.4. The van der Waals surface area contributed by atoms with Crippen molar-refractivity contribution >= 4 is 22.8 Å². The zero-order valence-electron chi connectivity index (χ0n) is 15.4. The summed E-state index contributed by atoms with van der Waals surface area (Å²) in [6.45, 7) is 11.3. The average molecular weight is 339 g/mol. The summed E-state index contributed by atoms with van der Waals surface area (Å²) in [5.41, 5.74) is 1.11. The first-order valence-corrected chi connectivity index (χ1v) is 8.69. The summed E-state index contributed by atoms with van der Waals surface area (Å²) in [5.74, 6) is 0.0900. The maximum absolute atomic E-state index is 13.3. The molecular weight excluding hydrogens is 314 g/mol. The van der Waals surface area contributed by atoms with Gasteiger partial charge in [-0.1, -0.05) is 31.2 Å². The SMILES string of the molecule is C=CCC1(C)CCc2c(c3ccccc3n2C(=O)OC(C)(C)C)C1=O. The Kier molecular flexibility index (Phi) is 4.10. The van der Waals surface area contributed by atoms with Crippen LogP contribution >= 0.6 is 0 Å². The molecule has 0 fully saturated rings. The third-order valence-corrected chi connectivity index (χ3v) is 4.83. The van der Waals surface area contributed by atoms with Gasteiger partial charge in [0, 0.05) is 22.1 Å². The van der Waals surface area contributed by atoms with Crippen molar-refractivity contribution in [1.29, 1.82) is 0 Å². The van der Waals surface area contributed by atoms with Crippen LogP contribution in [0.5, 0.6) is 0 Å². The minimum atomic E-state index is -0.592. The number of rotatable bonds is 2. The number of Topliss-reactive ketones (excluding diaryl/α,β-unsaturated/α-hetero) is 1. The fraction of sp³-hybridized carbons (Fsp3) is 0.429. The Morgan fingerprint density at radius 1 is 1.36 bits per heavy atom. The minimum Gasteiger partial charge on any atom is -0.443 e. The van der Waals surface area contributed by atoms with Crippen LogP contribution in [0.25, 0.3) is 10.9 Å². The molecule has 0 saturated carbocycles. The first-order valence-electron chi connectivity index (χ1n) is 8.69. The molecule has 1 unspecified atom stereocenters. The second-order valence-corrected chi connectivity index (χ2v) is 8.04. The van der Waals surface area contributed by atoms with E-state index in [0.29, 0.717) is 24.8 Å². The van der Waals surface area contributed by atoms with Crippen LogP contribution in [0, 0.1) is 5.41 Å².